The summed E-state index contributed by atoms with van der Waals surface area (Å²) in [6.45, 7) is 0.792. The Bertz CT molecular complexity index is 402. The molecule has 15 heavy (non-hydrogen) atoms. The number of H-pyrrole nitrogens is 1. The largest absolute Gasteiger partial charge is 0.347 e. The Morgan fingerprint density at radius 3 is 3.13 bits per heavy atom. The lowest BCUT2D eigenvalue weighted by Crippen LogP contribution is -2.41. The molecule has 1 aliphatic heterocycles. The summed E-state index contributed by atoms with van der Waals surface area (Å²) >= 11 is 0. The molecule has 0 bridgehead atoms. The van der Waals surface area contributed by atoms with Crippen LogP contribution in [0.1, 0.15) is 19.3 Å². The third-order valence-electron chi connectivity index (χ3n) is 2.66. The first-order valence-electron chi connectivity index (χ1n) is 5.08. The summed E-state index contributed by atoms with van der Waals surface area (Å²) in [5.41, 5.74) is -0.185. The number of aromatic amines is 1. The number of anilines is 1. The van der Waals surface area contributed by atoms with Crippen molar-refractivity contribution in [3.8, 4) is 0 Å². The maximum atomic E-state index is 11.1. The first kappa shape index (κ1) is 9.89. The van der Waals surface area contributed by atoms with Gasteiger partial charge in [-0.15, -0.1) is 0 Å². The molecule has 2 rings (SSSR count). The molecule has 2 heterocycles. The molecule has 80 valence electrons. The number of hydrogen-bond acceptors (Lipinski definition) is 4. The van der Waals surface area contributed by atoms with E-state index < -0.39 is 0 Å². The highest BCUT2D eigenvalue weighted by Gasteiger charge is 2.22. The topological polar surface area (TPSA) is 66.1 Å². The molecule has 0 spiro atoms. The highest BCUT2D eigenvalue weighted by atomic mass is 16.1. The van der Waals surface area contributed by atoms with Gasteiger partial charge in [-0.25, -0.2) is 4.98 Å². The van der Waals surface area contributed by atoms with Crippen molar-refractivity contribution >= 4 is 12.1 Å². The molecule has 5 heteroatoms. The van der Waals surface area contributed by atoms with Crippen LogP contribution in [0, 0.1) is 0 Å². The van der Waals surface area contributed by atoms with Crippen LogP contribution in [0.15, 0.2) is 17.2 Å². The zero-order valence-corrected chi connectivity index (χ0v) is 8.35. The van der Waals surface area contributed by atoms with Crippen LogP contribution in [-0.2, 0) is 4.79 Å². The fraction of sp³-hybridized carbons (Fsp3) is 0.500. The zero-order valence-electron chi connectivity index (χ0n) is 8.35. The van der Waals surface area contributed by atoms with Crippen molar-refractivity contribution in [3.63, 3.8) is 0 Å². The fourth-order valence-corrected chi connectivity index (χ4v) is 1.90. The van der Waals surface area contributed by atoms with Gasteiger partial charge < -0.3 is 14.7 Å². The van der Waals surface area contributed by atoms with Gasteiger partial charge in [-0.05, 0) is 19.3 Å². The van der Waals surface area contributed by atoms with Crippen molar-refractivity contribution in [2.75, 3.05) is 11.4 Å². The summed E-state index contributed by atoms with van der Waals surface area (Å²) in [6.07, 6.45) is 5.25. The lowest BCUT2D eigenvalue weighted by atomic mass is 10.0. The molecule has 1 aliphatic rings. The molecule has 1 aromatic rings. The van der Waals surface area contributed by atoms with Crippen molar-refractivity contribution in [3.05, 3.63) is 22.7 Å². The van der Waals surface area contributed by atoms with Crippen LogP contribution < -0.4 is 10.5 Å². The molecule has 1 unspecified atom stereocenters. The number of carbonyl (C=O) groups is 1. The summed E-state index contributed by atoms with van der Waals surface area (Å²) in [7, 11) is 0. The van der Waals surface area contributed by atoms with Gasteiger partial charge >= 0.3 is 0 Å². The van der Waals surface area contributed by atoms with Crippen LogP contribution >= 0.6 is 0 Å². The van der Waals surface area contributed by atoms with Crippen molar-refractivity contribution in [1.29, 1.82) is 0 Å². The number of aldehydes is 1. The highest BCUT2D eigenvalue weighted by Crippen LogP contribution is 2.20. The van der Waals surface area contributed by atoms with E-state index in [1.54, 1.807) is 0 Å². The Hall–Kier alpha value is -1.65. The van der Waals surface area contributed by atoms with E-state index in [0.717, 1.165) is 32.1 Å². The predicted octanol–water partition coefficient (Wildman–Crippen LogP) is 0.328. The van der Waals surface area contributed by atoms with Gasteiger partial charge in [0.1, 0.15) is 12.1 Å². The summed E-state index contributed by atoms with van der Waals surface area (Å²) in [5, 5.41) is 0. The Balaban J connectivity index is 2.27. The van der Waals surface area contributed by atoms with E-state index in [1.807, 2.05) is 4.90 Å². The minimum absolute atomic E-state index is 0.131. The van der Waals surface area contributed by atoms with Gasteiger partial charge in [0.2, 0.25) is 0 Å². The first-order valence-corrected chi connectivity index (χ1v) is 5.08. The van der Waals surface area contributed by atoms with E-state index in [1.165, 1.54) is 12.4 Å². The SMILES string of the molecule is O=CC1CCCCN1c1cc(=O)[nH]cn1. The van der Waals surface area contributed by atoms with Gasteiger partial charge in [0.05, 0.1) is 12.4 Å². The Morgan fingerprint density at radius 1 is 1.53 bits per heavy atom. The van der Waals surface area contributed by atoms with Crippen LogP contribution in [0.25, 0.3) is 0 Å². The van der Waals surface area contributed by atoms with Crippen LogP contribution in [0.5, 0.6) is 0 Å². The molecule has 0 saturated carbocycles. The molecule has 0 aromatic carbocycles. The maximum absolute atomic E-state index is 11.1. The van der Waals surface area contributed by atoms with Crippen molar-refractivity contribution in [1.82, 2.24) is 9.97 Å². The monoisotopic (exact) mass is 207 g/mol. The van der Waals surface area contributed by atoms with E-state index in [4.69, 9.17) is 0 Å². The third kappa shape index (κ3) is 2.06. The number of rotatable bonds is 2. The van der Waals surface area contributed by atoms with Gasteiger partial charge in [0.25, 0.3) is 5.56 Å². The molecule has 0 amide bonds. The standard InChI is InChI=1S/C10H13N3O2/c14-6-8-3-1-2-4-13(8)9-5-10(15)12-7-11-9/h5-8H,1-4H2,(H,11,12,15). The van der Waals surface area contributed by atoms with Crippen LogP contribution in [0.3, 0.4) is 0 Å². The molecular formula is C10H13N3O2. The first-order chi connectivity index (χ1) is 7.31. The van der Waals surface area contributed by atoms with E-state index in [-0.39, 0.29) is 11.6 Å². The lowest BCUT2D eigenvalue weighted by Gasteiger charge is -2.32. The number of hydrogen-bond donors (Lipinski definition) is 1. The zero-order chi connectivity index (χ0) is 10.7. The highest BCUT2D eigenvalue weighted by molar-refractivity contribution is 5.65. The Morgan fingerprint density at radius 2 is 2.40 bits per heavy atom. The van der Waals surface area contributed by atoms with Gasteiger partial charge in [0.15, 0.2) is 0 Å². The number of carbonyl (C=O) groups excluding carboxylic acids is 1. The Labute approximate surface area is 87.1 Å². The second-order valence-corrected chi connectivity index (χ2v) is 3.66. The van der Waals surface area contributed by atoms with Gasteiger partial charge in [-0.3, -0.25) is 4.79 Å². The summed E-state index contributed by atoms with van der Waals surface area (Å²) in [5.74, 6) is 0.593. The summed E-state index contributed by atoms with van der Waals surface area (Å²) < 4.78 is 0. The summed E-state index contributed by atoms with van der Waals surface area (Å²) in [6, 6.07) is 1.30. The molecule has 0 aliphatic carbocycles. The Kier molecular flexibility index (Phi) is 2.80. The number of aromatic nitrogens is 2. The van der Waals surface area contributed by atoms with Gasteiger partial charge in [-0.2, -0.15) is 0 Å². The van der Waals surface area contributed by atoms with Gasteiger partial charge in [0, 0.05) is 12.6 Å². The second kappa shape index (κ2) is 4.25. The molecule has 1 saturated heterocycles. The van der Waals surface area contributed by atoms with Crippen molar-refractivity contribution in [2.45, 2.75) is 25.3 Å². The molecule has 1 fully saturated rings. The van der Waals surface area contributed by atoms with E-state index in [9.17, 15) is 9.59 Å². The molecule has 1 N–H and O–H groups in total. The minimum atomic E-state index is -0.185. The smallest absolute Gasteiger partial charge is 0.252 e. The maximum Gasteiger partial charge on any atom is 0.252 e. The van der Waals surface area contributed by atoms with Crippen LogP contribution in [0.2, 0.25) is 0 Å². The number of nitrogens with one attached hydrogen (secondary N) is 1. The number of piperidine rings is 1. The fourth-order valence-electron chi connectivity index (χ4n) is 1.90. The normalized spacial score (nSPS) is 21.3. The molecule has 5 nitrogen and oxygen atoms in total. The number of nitrogens with zero attached hydrogens (tertiary/aromatic N) is 2. The molecular weight excluding hydrogens is 194 g/mol. The average Bonchev–Trinajstić information content (AvgIpc) is 2.29. The third-order valence-corrected chi connectivity index (χ3v) is 2.66. The lowest BCUT2D eigenvalue weighted by molar-refractivity contribution is -0.109. The predicted molar refractivity (Wildman–Crippen MR) is 55.9 cm³/mol. The molecule has 0 radical (unpaired) electrons. The molecule has 1 aromatic heterocycles. The van der Waals surface area contributed by atoms with E-state index in [2.05, 4.69) is 9.97 Å². The second-order valence-electron chi connectivity index (χ2n) is 3.66. The van der Waals surface area contributed by atoms with E-state index in [0.29, 0.717) is 5.82 Å². The minimum Gasteiger partial charge on any atom is -0.347 e. The van der Waals surface area contributed by atoms with Crippen molar-refractivity contribution < 1.29 is 4.79 Å². The van der Waals surface area contributed by atoms with Crippen LogP contribution in [-0.4, -0.2) is 28.8 Å². The average molecular weight is 207 g/mol. The van der Waals surface area contributed by atoms with Crippen LogP contribution in [0.4, 0.5) is 5.82 Å². The van der Waals surface area contributed by atoms with E-state index >= 15 is 0 Å². The molecule has 1 atom stereocenters. The van der Waals surface area contributed by atoms with Crippen molar-refractivity contribution in [2.24, 2.45) is 0 Å². The summed E-state index contributed by atoms with van der Waals surface area (Å²) in [4.78, 5) is 30.4. The van der Waals surface area contributed by atoms with Gasteiger partial charge in [-0.1, -0.05) is 0 Å². The quantitative estimate of drug-likeness (QED) is 0.709.